The third kappa shape index (κ3) is 5.42. The first-order valence-electron chi connectivity index (χ1n) is 7.03. The third-order valence-corrected chi connectivity index (χ3v) is 4.60. The first-order chi connectivity index (χ1) is 9.12. The number of hydrogen-bond acceptors (Lipinski definition) is 2. The van der Waals surface area contributed by atoms with Gasteiger partial charge in [0.05, 0.1) is 0 Å². The van der Waals surface area contributed by atoms with Crippen LogP contribution in [0.5, 0.6) is 0 Å². The van der Waals surface area contributed by atoms with Crippen LogP contribution in [0.2, 0.25) is 5.02 Å². The molecule has 0 spiro atoms. The Morgan fingerprint density at radius 1 is 1.37 bits per heavy atom. The second-order valence-corrected chi connectivity index (χ2v) is 6.33. The minimum atomic E-state index is 0.148. The van der Waals surface area contributed by atoms with Crippen LogP contribution in [0.1, 0.15) is 57.6 Å². The van der Waals surface area contributed by atoms with Gasteiger partial charge in [-0.1, -0.05) is 67.1 Å². The molecule has 0 aliphatic rings. The van der Waals surface area contributed by atoms with Gasteiger partial charge in [-0.25, -0.2) is 0 Å². The van der Waals surface area contributed by atoms with Gasteiger partial charge in [0.1, 0.15) is 0 Å². The second-order valence-electron chi connectivity index (χ2n) is 5.04. The first-order valence-corrected chi connectivity index (χ1v) is 8.20. The fourth-order valence-corrected chi connectivity index (χ4v) is 3.08. The van der Waals surface area contributed by atoms with Crippen molar-refractivity contribution in [3.63, 3.8) is 0 Å². The molecule has 1 aromatic carbocycles. The number of rotatable bonds is 8. The van der Waals surface area contributed by atoms with Crippen LogP contribution in [0.3, 0.4) is 0 Å². The molecule has 0 radical (unpaired) electrons. The molecule has 3 N–H and O–H groups in total. The van der Waals surface area contributed by atoms with Gasteiger partial charge < -0.3 is 0 Å². The van der Waals surface area contributed by atoms with E-state index in [1.54, 1.807) is 0 Å². The van der Waals surface area contributed by atoms with Crippen LogP contribution < -0.4 is 11.3 Å². The van der Waals surface area contributed by atoms with Gasteiger partial charge >= 0.3 is 0 Å². The molecule has 0 aromatic heterocycles. The van der Waals surface area contributed by atoms with Crippen LogP contribution in [-0.4, -0.2) is 0 Å². The van der Waals surface area contributed by atoms with E-state index in [2.05, 4.69) is 35.2 Å². The van der Waals surface area contributed by atoms with E-state index in [1.165, 1.54) is 25.7 Å². The number of benzene rings is 1. The number of unbranched alkanes of at least 4 members (excludes halogenated alkanes) is 1. The monoisotopic (exact) mass is 346 g/mol. The molecule has 0 bridgehead atoms. The lowest BCUT2D eigenvalue weighted by atomic mass is 9.89. The van der Waals surface area contributed by atoms with E-state index in [9.17, 15) is 0 Å². The highest BCUT2D eigenvalue weighted by Gasteiger charge is 2.18. The Hall–Kier alpha value is -0.0900. The van der Waals surface area contributed by atoms with Gasteiger partial charge in [-0.05, 0) is 36.1 Å². The van der Waals surface area contributed by atoms with Crippen molar-refractivity contribution in [2.45, 2.75) is 52.0 Å². The van der Waals surface area contributed by atoms with Gasteiger partial charge in [0.2, 0.25) is 0 Å². The van der Waals surface area contributed by atoms with E-state index in [4.69, 9.17) is 17.4 Å². The molecule has 0 saturated heterocycles. The van der Waals surface area contributed by atoms with Crippen LogP contribution in [0, 0.1) is 5.92 Å². The third-order valence-electron chi connectivity index (χ3n) is 3.65. The van der Waals surface area contributed by atoms with E-state index in [0.717, 1.165) is 21.5 Å². The van der Waals surface area contributed by atoms with E-state index < -0.39 is 0 Å². The maximum atomic E-state index is 6.08. The molecule has 2 nitrogen and oxygen atoms in total. The largest absolute Gasteiger partial charge is 0.271 e. The molecular formula is C15H24BrClN2. The average molecular weight is 348 g/mol. The van der Waals surface area contributed by atoms with Gasteiger partial charge in [-0.2, -0.15) is 0 Å². The Kier molecular flexibility index (Phi) is 8.00. The fraction of sp³-hybridized carbons (Fsp3) is 0.600. The number of hydrogen-bond donors (Lipinski definition) is 2. The number of halogens is 2. The molecule has 0 amide bonds. The van der Waals surface area contributed by atoms with Crippen molar-refractivity contribution in [1.29, 1.82) is 0 Å². The molecule has 108 valence electrons. The summed E-state index contributed by atoms with van der Waals surface area (Å²) in [5, 5.41) is 0.750. The molecule has 1 aromatic rings. The summed E-state index contributed by atoms with van der Waals surface area (Å²) in [7, 11) is 0. The van der Waals surface area contributed by atoms with Crippen LogP contribution in [0.25, 0.3) is 0 Å². The molecule has 0 aliphatic carbocycles. The Morgan fingerprint density at radius 3 is 2.68 bits per heavy atom. The Balaban J connectivity index is 2.78. The Morgan fingerprint density at radius 2 is 2.11 bits per heavy atom. The Bertz CT molecular complexity index is 384. The van der Waals surface area contributed by atoms with Crippen molar-refractivity contribution in [3.8, 4) is 0 Å². The molecule has 1 rings (SSSR count). The lowest BCUT2D eigenvalue weighted by Crippen LogP contribution is -2.30. The molecule has 2 unspecified atom stereocenters. The summed E-state index contributed by atoms with van der Waals surface area (Å²) in [6, 6.07) is 6.00. The predicted octanol–water partition coefficient (Wildman–Crippen LogP) is 5.21. The van der Waals surface area contributed by atoms with Crippen LogP contribution >= 0.6 is 27.5 Å². The van der Waals surface area contributed by atoms with Crippen molar-refractivity contribution in [1.82, 2.24) is 5.43 Å². The van der Waals surface area contributed by atoms with Gasteiger partial charge in [0.25, 0.3) is 0 Å². The Labute approximate surface area is 130 Å². The molecule has 19 heavy (non-hydrogen) atoms. The average Bonchev–Trinajstić information content (AvgIpc) is 2.42. The van der Waals surface area contributed by atoms with Crippen molar-refractivity contribution in [3.05, 3.63) is 33.3 Å². The smallest absolute Gasteiger partial charge is 0.0474 e. The standard InChI is InChI=1S/C15H24BrClN2/c1-3-5-6-11(4-2)9-15(19-18)13-10-12(17)7-8-14(13)16/h7-8,10-11,15,19H,3-6,9,18H2,1-2H3. The maximum absolute atomic E-state index is 6.08. The van der Waals surface area contributed by atoms with Crippen molar-refractivity contribution >= 4 is 27.5 Å². The summed E-state index contributed by atoms with van der Waals surface area (Å²) in [6.45, 7) is 4.49. The minimum Gasteiger partial charge on any atom is -0.271 e. The fourth-order valence-electron chi connectivity index (χ4n) is 2.38. The summed E-state index contributed by atoms with van der Waals surface area (Å²) in [4.78, 5) is 0. The number of hydrazine groups is 1. The summed E-state index contributed by atoms with van der Waals surface area (Å²) in [6.07, 6.45) is 6.04. The van der Waals surface area contributed by atoms with Gasteiger partial charge in [-0.15, -0.1) is 0 Å². The highest BCUT2D eigenvalue weighted by molar-refractivity contribution is 9.10. The van der Waals surface area contributed by atoms with E-state index in [-0.39, 0.29) is 6.04 Å². The lowest BCUT2D eigenvalue weighted by Gasteiger charge is -2.23. The zero-order valence-corrected chi connectivity index (χ0v) is 14.1. The van der Waals surface area contributed by atoms with Crippen LogP contribution in [0.15, 0.2) is 22.7 Å². The topological polar surface area (TPSA) is 38.0 Å². The van der Waals surface area contributed by atoms with Crippen LogP contribution in [-0.2, 0) is 0 Å². The summed E-state index contributed by atoms with van der Waals surface area (Å²) >= 11 is 9.66. The summed E-state index contributed by atoms with van der Waals surface area (Å²) < 4.78 is 1.06. The van der Waals surface area contributed by atoms with Gasteiger partial charge in [0.15, 0.2) is 0 Å². The molecule has 0 aliphatic heterocycles. The SMILES string of the molecule is CCCCC(CC)CC(NN)c1cc(Cl)ccc1Br. The quantitative estimate of drug-likeness (QED) is 0.500. The summed E-state index contributed by atoms with van der Waals surface area (Å²) in [5.41, 5.74) is 4.08. The van der Waals surface area contributed by atoms with E-state index in [1.807, 2.05) is 18.2 Å². The molecule has 0 saturated carbocycles. The first kappa shape index (κ1) is 17.0. The van der Waals surface area contributed by atoms with Crippen LogP contribution in [0.4, 0.5) is 0 Å². The zero-order valence-electron chi connectivity index (χ0n) is 11.8. The number of nitrogens with two attached hydrogens (primary N) is 1. The van der Waals surface area contributed by atoms with E-state index >= 15 is 0 Å². The highest BCUT2D eigenvalue weighted by Crippen LogP contribution is 2.32. The normalized spacial score (nSPS) is 14.4. The molecule has 2 atom stereocenters. The minimum absolute atomic E-state index is 0.148. The zero-order chi connectivity index (χ0) is 14.3. The molecule has 4 heteroatoms. The highest BCUT2D eigenvalue weighted by atomic mass is 79.9. The van der Waals surface area contributed by atoms with Gasteiger partial charge in [-0.3, -0.25) is 11.3 Å². The molecule has 0 fully saturated rings. The molecular weight excluding hydrogens is 324 g/mol. The summed E-state index contributed by atoms with van der Waals surface area (Å²) in [5.74, 6) is 6.44. The van der Waals surface area contributed by atoms with Gasteiger partial charge in [0, 0.05) is 15.5 Å². The maximum Gasteiger partial charge on any atom is 0.0474 e. The van der Waals surface area contributed by atoms with E-state index in [0.29, 0.717) is 5.92 Å². The molecule has 0 heterocycles. The predicted molar refractivity (Wildman–Crippen MR) is 87.1 cm³/mol. The second kappa shape index (κ2) is 8.96. The van der Waals surface area contributed by atoms with Crippen molar-refractivity contribution < 1.29 is 0 Å². The van der Waals surface area contributed by atoms with Crippen molar-refractivity contribution in [2.75, 3.05) is 0 Å². The lowest BCUT2D eigenvalue weighted by molar-refractivity contribution is 0.356. The number of nitrogens with one attached hydrogen (secondary N) is 1. The van der Waals surface area contributed by atoms with Crippen molar-refractivity contribution in [2.24, 2.45) is 11.8 Å².